The highest BCUT2D eigenvalue weighted by Crippen LogP contribution is 2.25. The summed E-state index contributed by atoms with van der Waals surface area (Å²) in [4.78, 5) is 4.35. The van der Waals surface area contributed by atoms with Crippen molar-refractivity contribution in [2.24, 2.45) is 0 Å². The molecule has 4 heteroatoms. The fourth-order valence-corrected chi connectivity index (χ4v) is 3.20. The molecule has 0 saturated carbocycles. The molecular weight excluding hydrogens is 302 g/mol. The molecule has 0 amide bonds. The Morgan fingerprint density at radius 3 is 2.95 bits per heavy atom. The van der Waals surface area contributed by atoms with E-state index >= 15 is 0 Å². The van der Waals surface area contributed by atoms with Gasteiger partial charge in [-0.2, -0.15) is 0 Å². The van der Waals surface area contributed by atoms with Gasteiger partial charge in [0.15, 0.2) is 0 Å². The molecule has 0 atom stereocenters. The zero-order valence-corrected chi connectivity index (χ0v) is 12.4. The second-order valence-corrected chi connectivity index (χ2v) is 6.02. The minimum atomic E-state index is 0.649. The highest BCUT2D eigenvalue weighted by Gasteiger charge is 2.18. The molecule has 2 heterocycles. The van der Waals surface area contributed by atoms with Crippen LogP contribution >= 0.6 is 15.9 Å². The molecule has 0 bridgehead atoms. The number of hydrogen-bond donors (Lipinski definition) is 1. The second-order valence-electron chi connectivity index (χ2n) is 5.10. The number of hydrogen-bond acceptors (Lipinski definition) is 2. The van der Waals surface area contributed by atoms with Crippen LogP contribution in [-0.4, -0.2) is 22.6 Å². The lowest BCUT2D eigenvalue weighted by Gasteiger charge is -2.23. The molecule has 3 rings (SSSR count). The molecule has 2 aromatic rings. The van der Waals surface area contributed by atoms with Crippen molar-refractivity contribution in [1.29, 1.82) is 0 Å². The van der Waals surface area contributed by atoms with Crippen molar-refractivity contribution in [1.82, 2.24) is 14.9 Å². The number of rotatable bonds is 3. The molecule has 0 unspecified atom stereocenters. The molecule has 1 aromatic carbocycles. The van der Waals surface area contributed by atoms with Gasteiger partial charge in [-0.05, 0) is 43.6 Å². The number of nitrogens with zero attached hydrogens (tertiary/aromatic N) is 2. The molecule has 1 aromatic heterocycles. The summed E-state index contributed by atoms with van der Waals surface area (Å²) in [6.07, 6.45) is 6.42. The van der Waals surface area contributed by atoms with Crippen molar-refractivity contribution in [3.8, 4) is 0 Å². The first-order chi connectivity index (χ1) is 9.33. The van der Waals surface area contributed by atoms with Gasteiger partial charge in [0, 0.05) is 28.8 Å². The lowest BCUT2D eigenvalue weighted by atomic mass is 9.95. The molecule has 0 aliphatic carbocycles. The van der Waals surface area contributed by atoms with E-state index < -0.39 is 0 Å². The molecular formula is C15H18BrN3. The van der Waals surface area contributed by atoms with Gasteiger partial charge in [0.05, 0.1) is 6.33 Å². The van der Waals surface area contributed by atoms with E-state index in [1.54, 1.807) is 0 Å². The van der Waals surface area contributed by atoms with E-state index in [1.807, 2.05) is 12.5 Å². The first-order valence-electron chi connectivity index (χ1n) is 6.78. The van der Waals surface area contributed by atoms with E-state index in [0.29, 0.717) is 5.92 Å². The summed E-state index contributed by atoms with van der Waals surface area (Å²) < 4.78 is 3.42. The van der Waals surface area contributed by atoms with Crippen LogP contribution in [0.5, 0.6) is 0 Å². The van der Waals surface area contributed by atoms with Crippen LogP contribution in [0.15, 0.2) is 41.3 Å². The Morgan fingerprint density at radius 2 is 2.16 bits per heavy atom. The molecule has 1 aliphatic rings. The fraction of sp³-hybridized carbons (Fsp3) is 0.400. The first kappa shape index (κ1) is 12.9. The number of benzene rings is 1. The summed E-state index contributed by atoms with van der Waals surface area (Å²) in [5.41, 5.74) is 2.68. The van der Waals surface area contributed by atoms with E-state index in [-0.39, 0.29) is 0 Å². The average Bonchev–Trinajstić information content (AvgIpc) is 2.88. The molecule has 0 radical (unpaired) electrons. The van der Waals surface area contributed by atoms with Crippen LogP contribution in [-0.2, 0) is 6.54 Å². The molecule has 3 nitrogen and oxygen atoms in total. The van der Waals surface area contributed by atoms with Crippen LogP contribution in [0.25, 0.3) is 0 Å². The maximum atomic E-state index is 4.35. The Balaban J connectivity index is 1.80. The highest BCUT2D eigenvalue weighted by atomic mass is 79.9. The van der Waals surface area contributed by atoms with Crippen molar-refractivity contribution >= 4 is 15.9 Å². The number of aromatic nitrogens is 2. The van der Waals surface area contributed by atoms with E-state index in [1.165, 1.54) is 24.1 Å². The molecule has 19 heavy (non-hydrogen) atoms. The Morgan fingerprint density at radius 1 is 1.32 bits per heavy atom. The Bertz CT molecular complexity index is 544. The predicted octanol–water partition coefficient (Wildman–Crippen LogP) is 3.16. The lowest BCUT2D eigenvalue weighted by Crippen LogP contribution is -2.27. The average molecular weight is 320 g/mol. The summed E-state index contributed by atoms with van der Waals surface area (Å²) in [5.74, 6) is 0.649. The molecule has 1 saturated heterocycles. The Hall–Kier alpha value is -1.13. The van der Waals surface area contributed by atoms with Crippen molar-refractivity contribution in [2.45, 2.75) is 25.3 Å². The van der Waals surface area contributed by atoms with Crippen LogP contribution in [0, 0.1) is 0 Å². The smallest absolute Gasteiger partial charge is 0.0951 e. The second kappa shape index (κ2) is 5.88. The van der Waals surface area contributed by atoms with Gasteiger partial charge in [-0.3, -0.25) is 0 Å². The van der Waals surface area contributed by atoms with Gasteiger partial charge in [-0.15, -0.1) is 0 Å². The number of nitrogens with one attached hydrogen (secondary N) is 1. The lowest BCUT2D eigenvalue weighted by molar-refractivity contribution is 0.442. The van der Waals surface area contributed by atoms with Crippen molar-refractivity contribution < 1.29 is 0 Å². The fourth-order valence-electron chi connectivity index (χ4n) is 2.75. The quantitative estimate of drug-likeness (QED) is 0.941. The van der Waals surface area contributed by atoms with Gasteiger partial charge in [0.2, 0.25) is 0 Å². The summed E-state index contributed by atoms with van der Waals surface area (Å²) in [6.45, 7) is 3.14. The van der Waals surface area contributed by atoms with Crippen LogP contribution < -0.4 is 5.32 Å². The summed E-state index contributed by atoms with van der Waals surface area (Å²) >= 11 is 3.53. The molecule has 100 valence electrons. The van der Waals surface area contributed by atoms with Crippen molar-refractivity contribution in [3.05, 3.63) is 52.5 Å². The molecule has 1 fully saturated rings. The van der Waals surface area contributed by atoms with E-state index in [4.69, 9.17) is 0 Å². The third-order valence-corrected chi connectivity index (χ3v) is 4.24. The van der Waals surface area contributed by atoms with Crippen molar-refractivity contribution in [2.75, 3.05) is 13.1 Å². The minimum absolute atomic E-state index is 0.649. The maximum Gasteiger partial charge on any atom is 0.0951 e. The number of halogens is 1. The predicted molar refractivity (Wildman–Crippen MR) is 80.3 cm³/mol. The number of piperidine rings is 1. The zero-order valence-electron chi connectivity index (χ0n) is 10.8. The summed E-state index contributed by atoms with van der Waals surface area (Å²) in [6, 6.07) is 8.48. The Labute approximate surface area is 122 Å². The molecule has 1 N–H and O–H groups in total. The van der Waals surface area contributed by atoms with Gasteiger partial charge in [0.25, 0.3) is 0 Å². The van der Waals surface area contributed by atoms with Gasteiger partial charge in [-0.25, -0.2) is 4.98 Å². The summed E-state index contributed by atoms with van der Waals surface area (Å²) in [7, 11) is 0. The van der Waals surface area contributed by atoms with E-state index in [2.05, 4.69) is 55.1 Å². The van der Waals surface area contributed by atoms with Crippen LogP contribution in [0.2, 0.25) is 0 Å². The normalized spacial score (nSPS) is 16.7. The standard InChI is InChI=1S/C15H18BrN3/c16-14-3-1-2-12(8-14)10-19-11-18-9-15(19)13-4-6-17-7-5-13/h1-3,8-9,11,13,17H,4-7,10H2. The Kier molecular flexibility index (Phi) is 3.99. The summed E-state index contributed by atoms with van der Waals surface area (Å²) in [5, 5.41) is 3.42. The molecule has 0 spiro atoms. The van der Waals surface area contributed by atoms with Gasteiger partial charge >= 0.3 is 0 Å². The maximum absolute atomic E-state index is 4.35. The number of imidazole rings is 1. The van der Waals surface area contributed by atoms with Crippen LogP contribution in [0.4, 0.5) is 0 Å². The van der Waals surface area contributed by atoms with Crippen molar-refractivity contribution in [3.63, 3.8) is 0 Å². The largest absolute Gasteiger partial charge is 0.330 e. The topological polar surface area (TPSA) is 29.9 Å². The first-order valence-corrected chi connectivity index (χ1v) is 7.57. The van der Waals surface area contributed by atoms with Gasteiger partial charge < -0.3 is 9.88 Å². The van der Waals surface area contributed by atoms with Crippen LogP contribution in [0.3, 0.4) is 0 Å². The monoisotopic (exact) mass is 319 g/mol. The third-order valence-electron chi connectivity index (χ3n) is 3.74. The zero-order chi connectivity index (χ0) is 13.1. The molecule has 1 aliphatic heterocycles. The highest BCUT2D eigenvalue weighted by molar-refractivity contribution is 9.10. The van der Waals surface area contributed by atoms with Gasteiger partial charge in [-0.1, -0.05) is 28.1 Å². The third kappa shape index (κ3) is 3.07. The van der Waals surface area contributed by atoms with E-state index in [0.717, 1.165) is 24.1 Å². The SMILES string of the molecule is Brc1cccc(Cn2cncc2C2CCNCC2)c1. The minimum Gasteiger partial charge on any atom is -0.330 e. The van der Waals surface area contributed by atoms with Crippen LogP contribution in [0.1, 0.15) is 30.0 Å². The van der Waals surface area contributed by atoms with Gasteiger partial charge in [0.1, 0.15) is 0 Å². The van der Waals surface area contributed by atoms with E-state index in [9.17, 15) is 0 Å².